The van der Waals surface area contributed by atoms with Crippen molar-refractivity contribution in [1.29, 1.82) is 0 Å². The second kappa shape index (κ2) is 5.46. The van der Waals surface area contributed by atoms with Gasteiger partial charge in [0.25, 0.3) is 0 Å². The largest absolute Gasteiger partial charge is 0.340 e. The second-order valence-electron chi connectivity index (χ2n) is 5.16. The Balaban J connectivity index is 2.06. The van der Waals surface area contributed by atoms with Crippen molar-refractivity contribution >= 4 is 15.8 Å². The van der Waals surface area contributed by atoms with E-state index in [1.807, 2.05) is 0 Å². The predicted octanol–water partition coefficient (Wildman–Crippen LogP) is 0.0854. The average molecular weight is 287 g/mol. The number of sulfone groups is 1. The first-order valence-electron chi connectivity index (χ1n) is 6.48. The quantitative estimate of drug-likeness (QED) is 0.813. The summed E-state index contributed by atoms with van der Waals surface area (Å²) >= 11 is 0. The highest BCUT2D eigenvalue weighted by Crippen LogP contribution is 2.22. The van der Waals surface area contributed by atoms with Crippen molar-refractivity contribution < 1.29 is 8.42 Å². The third-order valence-electron chi connectivity index (χ3n) is 3.75. The molecule has 19 heavy (non-hydrogen) atoms. The van der Waals surface area contributed by atoms with Gasteiger partial charge in [-0.3, -0.25) is 5.10 Å². The fraction of sp³-hybridized carbons (Fsp3) is 0.818. The van der Waals surface area contributed by atoms with E-state index in [9.17, 15) is 8.42 Å². The summed E-state index contributed by atoms with van der Waals surface area (Å²) in [6.07, 6.45) is 3.26. The van der Waals surface area contributed by atoms with E-state index in [0.717, 1.165) is 32.5 Å². The fourth-order valence-corrected chi connectivity index (χ4v) is 2.67. The molecule has 0 aliphatic carbocycles. The van der Waals surface area contributed by atoms with E-state index in [4.69, 9.17) is 5.73 Å². The molecule has 1 aromatic rings. The Kier molecular flexibility index (Phi) is 4.10. The van der Waals surface area contributed by atoms with Gasteiger partial charge in [-0.05, 0) is 32.2 Å². The average Bonchev–Trinajstić information content (AvgIpc) is 2.86. The van der Waals surface area contributed by atoms with Gasteiger partial charge >= 0.3 is 0 Å². The first kappa shape index (κ1) is 14.3. The molecule has 0 radical (unpaired) electrons. The Labute approximate surface area is 113 Å². The molecule has 1 atom stereocenters. The van der Waals surface area contributed by atoms with Crippen molar-refractivity contribution in [3.05, 3.63) is 5.82 Å². The van der Waals surface area contributed by atoms with E-state index in [-0.39, 0.29) is 0 Å². The number of aromatic amines is 1. The van der Waals surface area contributed by atoms with E-state index < -0.39 is 15.1 Å². The lowest BCUT2D eigenvalue weighted by atomic mass is 9.97. The third kappa shape index (κ3) is 3.24. The number of rotatable bonds is 4. The Morgan fingerprint density at radius 2 is 2.11 bits per heavy atom. The van der Waals surface area contributed by atoms with E-state index in [0.29, 0.717) is 17.7 Å². The molecule has 1 fully saturated rings. The molecule has 7 nitrogen and oxygen atoms in total. The Bertz CT molecular complexity index is 519. The topological polar surface area (TPSA) is 105 Å². The molecule has 1 unspecified atom stereocenters. The molecule has 0 aromatic carbocycles. The van der Waals surface area contributed by atoms with Crippen LogP contribution in [0.15, 0.2) is 0 Å². The molecule has 2 heterocycles. The van der Waals surface area contributed by atoms with Gasteiger partial charge in [-0.15, -0.1) is 5.10 Å². The molecule has 108 valence electrons. The molecule has 0 amide bonds. The number of aromatic nitrogens is 3. The Morgan fingerprint density at radius 3 is 2.63 bits per heavy atom. The maximum absolute atomic E-state index is 11.5. The minimum absolute atomic E-state index is 0.401. The van der Waals surface area contributed by atoms with Crippen LogP contribution < -0.4 is 10.6 Å². The maximum Gasteiger partial charge on any atom is 0.244 e. The van der Waals surface area contributed by atoms with Gasteiger partial charge in [0.1, 0.15) is 11.1 Å². The van der Waals surface area contributed by atoms with E-state index in [1.165, 1.54) is 6.26 Å². The Morgan fingerprint density at radius 1 is 1.47 bits per heavy atom. The summed E-state index contributed by atoms with van der Waals surface area (Å²) in [5, 5.41) is 6.19. The fourth-order valence-electron chi connectivity index (χ4n) is 2.16. The molecule has 1 aliphatic rings. The number of hydrogen-bond donors (Lipinski definition) is 2. The highest BCUT2D eigenvalue weighted by atomic mass is 32.2. The third-order valence-corrected chi connectivity index (χ3v) is 5.26. The molecular weight excluding hydrogens is 266 g/mol. The van der Waals surface area contributed by atoms with Crippen LogP contribution in [-0.2, 0) is 9.84 Å². The lowest BCUT2D eigenvalue weighted by molar-refractivity contribution is 0.411. The van der Waals surface area contributed by atoms with Crippen LogP contribution in [-0.4, -0.2) is 49.5 Å². The zero-order valence-corrected chi connectivity index (χ0v) is 12.2. The van der Waals surface area contributed by atoms with E-state index >= 15 is 0 Å². The summed E-state index contributed by atoms with van der Waals surface area (Å²) in [6.45, 7) is 4.07. The molecule has 1 aromatic heterocycles. The van der Waals surface area contributed by atoms with Gasteiger partial charge in [-0.2, -0.15) is 4.98 Å². The van der Waals surface area contributed by atoms with Crippen LogP contribution >= 0.6 is 0 Å². The maximum atomic E-state index is 11.5. The molecule has 0 bridgehead atoms. The molecule has 1 saturated heterocycles. The molecule has 1 aliphatic heterocycles. The minimum atomic E-state index is -3.15. The number of piperidine rings is 1. The molecule has 3 N–H and O–H groups in total. The van der Waals surface area contributed by atoms with Gasteiger partial charge in [0.15, 0.2) is 9.84 Å². The summed E-state index contributed by atoms with van der Waals surface area (Å²) in [6, 6.07) is 0. The van der Waals surface area contributed by atoms with E-state index in [2.05, 4.69) is 20.1 Å². The van der Waals surface area contributed by atoms with Gasteiger partial charge in [0.05, 0.1) is 0 Å². The molecule has 0 saturated carbocycles. The smallest absolute Gasteiger partial charge is 0.244 e. The standard InChI is InChI=1S/C11H21N5O2S/c1-8(19(2,17)18)10-13-11(15-14-10)16-5-3-9(7-12)4-6-16/h8-9H,3-7,12H2,1-2H3,(H,13,14,15). The van der Waals surface area contributed by atoms with Crippen molar-refractivity contribution in [3.8, 4) is 0 Å². The first-order valence-corrected chi connectivity index (χ1v) is 8.43. The van der Waals surface area contributed by atoms with Crippen molar-refractivity contribution in [2.75, 3.05) is 30.8 Å². The van der Waals surface area contributed by atoms with Gasteiger partial charge in [0, 0.05) is 19.3 Å². The van der Waals surface area contributed by atoms with Crippen LogP contribution in [0.4, 0.5) is 5.95 Å². The van der Waals surface area contributed by atoms with Crippen LogP contribution in [0.1, 0.15) is 30.8 Å². The SMILES string of the molecule is CC(c1nc(N2CCC(CN)CC2)n[nH]1)S(C)(=O)=O. The number of nitrogens with two attached hydrogens (primary N) is 1. The lowest BCUT2D eigenvalue weighted by Gasteiger charge is -2.30. The first-order chi connectivity index (χ1) is 8.91. The van der Waals surface area contributed by atoms with Crippen molar-refractivity contribution in [1.82, 2.24) is 15.2 Å². The summed E-state index contributed by atoms with van der Waals surface area (Å²) in [7, 11) is -3.15. The van der Waals surface area contributed by atoms with Crippen molar-refractivity contribution in [3.63, 3.8) is 0 Å². The monoisotopic (exact) mass is 287 g/mol. The number of H-pyrrole nitrogens is 1. The summed E-state index contributed by atoms with van der Waals surface area (Å²) < 4.78 is 23.0. The van der Waals surface area contributed by atoms with Crippen LogP contribution in [0.25, 0.3) is 0 Å². The molecule has 2 rings (SSSR count). The number of hydrogen-bond acceptors (Lipinski definition) is 6. The predicted molar refractivity (Wildman–Crippen MR) is 73.6 cm³/mol. The van der Waals surface area contributed by atoms with Crippen molar-refractivity contribution in [2.24, 2.45) is 11.7 Å². The van der Waals surface area contributed by atoms with Crippen LogP contribution in [0.2, 0.25) is 0 Å². The highest BCUT2D eigenvalue weighted by Gasteiger charge is 2.24. The van der Waals surface area contributed by atoms with Gasteiger partial charge < -0.3 is 10.6 Å². The number of nitrogens with zero attached hydrogens (tertiary/aromatic N) is 3. The van der Waals surface area contributed by atoms with E-state index in [1.54, 1.807) is 6.92 Å². The van der Waals surface area contributed by atoms with Gasteiger partial charge in [-0.1, -0.05) is 0 Å². The zero-order chi connectivity index (χ0) is 14.0. The number of nitrogens with one attached hydrogen (secondary N) is 1. The summed E-state index contributed by atoms with van der Waals surface area (Å²) in [5.74, 6) is 1.56. The summed E-state index contributed by atoms with van der Waals surface area (Å²) in [5.41, 5.74) is 5.66. The normalized spacial score (nSPS) is 19.6. The minimum Gasteiger partial charge on any atom is -0.340 e. The van der Waals surface area contributed by atoms with Gasteiger partial charge in [0.2, 0.25) is 5.95 Å². The second-order valence-corrected chi connectivity index (χ2v) is 7.52. The summed E-state index contributed by atoms with van der Waals surface area (Å²) in [4.78, 5) is 6.37. The van der Waals surface area contributed by atoms with Crippen molar-refractivity contribution in [2.45, 2.75) is 25.0 Å². The van der Waals surface area contributed by atoms with Gasteiger partial charge in [-0.25, -0.2) is 8.42 Å². The molecule has 8 heteroatoms. The molecule has 0 spiro atoms. The number of anilines is 1. The van der Waals surface area contributed by atoms with Crippen LogP contribution in [0.3, 0.4) is 0 Å². The van der Waals surface area contributed by atoms with Crippen LogP contribution in [0, 0.1) is 5.92 Å². The Hall–Kier alpha value is -1.15. The molecular formula is C11H21N5O2S. The van der Waals surface area contributed by atoms with Crippen LogP contribution in [0.5, 0.6) is 0 Å². The zero-order valence-electron chi connectivity index (χ0n) is 11.3. The lowest BCUT2D eigenvalue weighted by Crippen LogP contribution is -2.36. The highest BCUT2D eigenvalue weighted by molar-refractivity contribution is 7.90.